The zero-order chi connectivity index (χ0) is 17.4. The second kappa shape index (κ2) is 6.52. The Morgan fingerprint density at radius 1 is 1.16 bits per heavy atom. The Hall–Kier alpha value is -2.33. The van der Waals surface area contributed by atoms with E-state index in [9.17, 15) is 4.79 Å². The first kappa shape index (κ1) is 16.2. The molecule has 0 saturated carbocycles. The smallest absolute Gasteiger partial charge is 0.258 e. The monoisotopic (exact) mass is 336 g/mol. The van der Waals surface area contributed by atoms with E-state index < -0.39 is 0 Å². The van der Waals surface area contributed by atoms with Gasteiger partial charge in [0, 0.05) is 25.6 Å². The quantitative estimate of drug-likeness (QED) is 0.937. The molecule has 3 atom stereocenters. The molecule has 2 fully saturated rings. The van der Waals surface area contributed by atoms with Gasteiger partial charge in [0.1, 0.15) is 5.75 Å². The molecule has 130 valence electrons. The SMILES string of the molecule is COc1ccc(C)cc1C(=O)N1C[C@@H]2CNC[C@@H]2[C@H]1c1ccccc1. The number of carbonyl (C=O) groups excluding carboxylic acids is 1. The third kappa shape index (κ3) is 2.81. The standard InChI is InChI=1S/C21H24N2O2/c1-14-8-9-19(25-2)17(10-14)21(24)23-13-16-11-22-12-18(16)20(23)15-6-4-3-5-7-15/h3-10,16,18,20,22H,11-13H2,1-2H3/t16-,18-,20+/m0/s1. The number of fused-ring (bicyclic) bond motifs is 1. The number of nitrogens with one attached hydrogen (secondary N) is 1. The average Bonchev–Trinajstić information content (AvgIpc) is 3.22. The van der Waals surface area contributed by atoms with Crippen LogP contribution in [0.3, 0.4) is 0 Å². The molecule has 1 N–H and O–H groups in total. The van der Waals surface area contributed by atoms with E-state index in [2.05, 4.69) is 34.5 Å². The highest BCUT2D eigenvalue weighted by Crippen LogP contribution is 2.43. The third-order valence-electron chi connectivity index (χ3n) is 5.55. The van der Waals surface area contributed by atoms with Crippen molar-refractivity contribution in [3.63, 3.8) is 0 Å². The summed E-state index contributed by atoms with van der Waals surface area (Å²) < 4.78 is 5.46. The molecule has 2 aromatic carbocycles. The predicted molar refractivity (Wildman–Crippen MR) is 97.8 cm³/mol. The summed E-state index contributed by atoms with van der Waals surface area (Å²) in [5.74, 6) is 1.72. The Balaban J connectivity index is 1.73. The first-order valence-corrected chi connectivity index (χ1v) is 8.90. The van der Waals surface area contributed by atoms with Crippen LogP contribution in [0.5, 0.6) is 5.75 Å². The number of hydrogen-bond donors (Lipinski definition) is 1. The number of methoxy groups -OCH3 is 1. The van der Waals surface area contributed by atoms with Gasteiger partial charge in [0.2, 0.25) is 0 Å². The molecule has 2 heterocycles. The van der Waals surface area contributed by atoms with Crippen LogP contribution < -0.4 is 10.1 Å². The molecule has 4 rings (SSSR count). The number of carbonyl (C=O) groups is 1. The van der Waals surface area contributed by atoms with Crippen molar-refractivity contribution >= 4 is 5.91 Å². The largest absolute Gasteiger partial charge is 0.496 e. The fraction of sp³-hybridized carbons (Fsp3) is 0.381. The number of aryl methyl sites for hydroxylation is 1. The van der Waals surface area contributed by atoms with Crippen LogP contribution in [-0.4, -0.2) is 37.6 Å². The van der Waals surface area contributed by atoms with E-state index in [1.165, 1.54) is 5.56 Å². The second-order valence-corrected chi connectivity index (χ2v) is 7.10. The van der Waals surface area contributed by atoms with E-state index in [4.69, 9.17) is 4.74 Å². The summed E-state index contributed by atoms with van der Waals surface area (Å²) >= 11 is 0. The van der Waals surface area contributed by atoms with Crippen molar-refractivity contribution in [2.45, 2.75) is 13.0 Å². The summed E-state index contributed by atoms with van der Waals surface area (Å²) in [7, 11) is 1.62. The molecule has 2 aromatic rings. The summed E-state index contributed by atoms with van der Waals surface area (Å²) in [6, 6.07) is 16.3. The summed E-state index contributed by atoms with van der Waals surface area (Å²) in [4.78, 5) is 15.5. The molecular formula is C21H24N2O2. The number of rotatable bonds is 3. The number of amides is 1. The fourth-order valence-electron chi connectivity index (χ4n) is 4.35. The summed E-state index contributed by atoms with van der Waals surface area (Å²) in [5.41, 5.74) is 2.96. The van der Waals surface area contributed by atoms with Gasteiger partial charge < -0.3 is 15.0 Å². The number of ether oxygens (including phenoxy) is 1. The first-order valence-electron chi connectivity index (χ1n) is 8.90. The van der Waals surface area contributed by atoms with Gasteiger partial charge in [-0.2, -0.15) is 0 Å². The molecule has 4 nitrogen and oxygen atoms in total. The Bertz CT molecular complexity index is 775. The van der Waals surface area contributed by atoms with Gasteiger partial charge in [-0.05, 0) is 30.5 Å². The second-order valence-electron chi connectivity index (χ2n) is 7.10. The van der Waals surface area contributed by atoms with Gasteiger partial charge in [-0.15, -0.1) is 0 Å². The zero-order valence-electron chi connectivity index (χ0n) is 14.7. The van der Waals surface area contributed by atoms with Crippen molar-refractivity contribution in [3.8, 4) is 5.75 Å². The van der Waals surface area contributed by atoms with E-state index in [0.717, 1.165) is 25.2 Å². The highest BCUT2D eigenvalue weighted by molar-refractivity contribution is 5.97. The molecule has 2 aliphatic heterocycles. The molecule has 0 aromatic heterocycles. The lowest BCUT2D eigenvalue weighted by Crippen LogP contribution is -2.35. The number of benzene rings is 2. The van der Waals surface area contributed by atoms with Crippen LogP contribution in [0.4, 0.5) is 0 Å². The molecule has 0 aliphatic carbocycles. The molecule has 1 amide bonds. The van der Waals surface area contributed by atoms with E-state index in [-0.39, 0.29) is 11.9 Å². The molecule has 4 heteroatoms. The van der Waals surface area contributed by atoms with E-state index in [1.54, 1.807) is 7.11 Å². The van der Waals surface area contributed by atoms with Gasteiger partial charge in [-0.3, -0.25) is 4.79 Å². The van der Waals surface area contributed by atoms with Crippen LogP contribution in [0.2, 0.25) is 0 Å². The predicted octanol–water partition coefficient (Wildman–Crippen LogP) is 3.04. The van der Waals surface area contributed by atoms with Crippen molar-refractivity contribution < 1.29 is 9.53 Å². The van der Waals surface area contributed by atoms with Gasteiger partial charge in [0.25, 0.3) is 5.91 Å². The molecule has 0 bridgehead atoms. The summed E-state index contributed by atoms with van der Waals surface area (Å²) in [6.07, 6.45) is 0. The maximum absolute atomic E-state index is 13.4. The summed E-state index contributed by atoms with van der Waals surface area (Å²) in [6.45, 7) is 4.77. The Labute approximate surface area is 148 Å². The molecule has 0 spiro atoms. The van der Waals surface area contributed by atoms with Gasteiger partial charge >= 0.3 is 0 Å². The van der Waals surface area contributed by atoms with Crippen LogP contribution in [0, 0.1) is 18.8 Å². The lowest BCUT2D eigenvalue weighted by molar-refractivity contribution is 0.0710. The highest BCUT2D eigenvalue weighted by atomic mass is 16.5. The molecule has 25 heavy (non-hydrogen) atoms. The van der Waals surface area contributed by atoms with Gasteiger partial charge in [-0.25, -0.2) is 0 Å². The van der Waals surface area contributed by atoms with Crippen LogP contribution in [-0.2, 0) is 0 Å². The van der Waals surface area contributed by atoms with Crippen LogP contribution in [0.15, 0.2) is 48.5 Å². The summed E-state index contributed by atoms with van der Waals surface area (Å²) in [5, 5.41) is 3.49. The van der Waals surface area contributed by atoms with E-state index in [0.29, 0.717) is 23.1 Å². The Morgan fingerprint density at radius 2 is 1.96 bits per heavy atom. The Kier molecular flexibility index (Phi) is 4.22. The van der Waals surface area contributed by atoms with Crippen molar-refractivity contribution in [2.24, 2.45) is 11.8 Å². The van der Waals surface area contributed by atoms with Crippen LogP contribution in [0.1, 0.15) is 27.5 Å². The maximum Gasteiger partial charge on any atom is 0.258 e. The Morgan fingerprint density at radius 3 is 2.72 bits per heavy atom. The van der Waals surface area contributed by atoms with E-state index >= 15 is 0 Å². The molecule has 0 radical (unpaired) electrons. The first-order chi connectivity index (χ1) is 12.2. The minimum atomic E-state index is 0.0730. The topological polar surface area (TPSA) is 41.6 Å². The van der Waals surface area contributed by atoms with Gasteiger partial charge in [-0.1, -0.05) is 42.0 Å². The minimum absolute atomic E-state index is 0.0730. The number of likely N-dealkylation sites (tertiary alicyclic amines) is 1. The molecule has 0 unspecified atom stereocenters. The zero-order valence-corrected chi connectivity index (χ0v) is 14.7. The average molecular weight is 336 g/mol. The van der Waals surface area contributed by atoms with Gasteiger partial charge in [0.05, 0.1) is 18.7 Å². The fourth-order valence-corrected chi connectivity index (χ4v) is 4.35. The van der Waals surface area contributed by atoms with Crippen LogP contribution >= 0.6 is 0 Å². The van der Waals surface area contributed by atoms with Crippen molar-refractivity contribution in [1.82, 2.24) is 10.2 Å². The lowest BCUT2D eigenvalue weighted by Gasteiger charge is -2.29. The van der Waals surface area contributed by atoms with Crippen molar-refractivity contribution in [2.75, 3.05) is 26.7 Å². The molecule has 2 saturated heterocycles. The normalized spacial score (nSPS) is 25.0. The van der Waals surface area contributed by atoms with Gasteiger partial charge in [0.15, 0.2) is 0 Å². The van der Waals surface area contributed by atoms with Crippen molar-refractivity contribution in [3.05, 3.63) is 65.2 Å². The number of hydrogen-bond acceptors (Lipinski definition) is 3. The molecule has 2 aliphatic rings. The number of nitrogens with zero attached hydrogens (tertiary/aromatic N) is 1. The van der Waals surface area contributed by atoms with Crippen LogP contribution in [0.25, 0.3) is 0 Å². The molecular weight excluding hydrogens is 312 g/mol. The van der Waals surface area contributed by atoms with E-state index in [1.807, 2.05) is 31.2 Å². The third-order valence-corrected chi connectivity index (χ3v) is 5.55. The minimum Gasteiger partial charge on any atom is -0.496 e. The van der Waals surface area contributed by atoms with Crippen molar-refractivity contribution in [1.29, 1.82) is 0 Å². The maximum atomic E-state index is 13.4. The highest BCUT2D eigenvalue weighted by Gasteiger charge is 2.47. The lowest BCUT2D eigenvalue weighted by atomic mass is 9.89.